The summed E-state index contributed by atoms with van der Waals surface area (Å²) in [6.07, 6.45) is 7.29. The Morgan fingerprint density at radius 1 is 0.742 bits per heavy atom. The Hall–Kier alpha value is -2.94. The minimum atomic E-state index is -0.261. The van der Waals surface area contributed by atoms with Gasteiger partial charge in [-0.15, -0.1) is 0 Å². The zero-order valence-corrected chi connectivity index (χ0v) is 18.8. The van der Waals surface area contributed by atoms with Gasteiger partial charge >= 0.3 is 5.97 Å². The molecule has 0 amide bonds. The van der Waals surface area contributed by atoms with Crippen molar-refractivity contribution in [1.82, 2.24) is 0 Å². The molecule has 3 nitrogen and oxygen atoms in total. The largest absolute Gasteiger partial charge is 0.458 e. The third kappa shape index (κ3) is 6.27. The van der Waals surface area contributed by atoms with Crippen LogP contribution in [0.5, 0.6) is 0 Å². The summed E-state index contributed by atoms with van der Waals surface area (Å²) >= 11 is 0. The molecule has 2 aromatic carbocycles. The van der Waals surface area contributed by atoms with E-state index >= 15 is 0 Å². The lowest BCUT2D eigenvalue weighted by molar-refractivity contribution is -0.689. The van der Waals surface area contributed by atoms with Gasteiger partial charge in [0.15, 0.2) is 0 Å². The summed E-state index contributed by atoms with van der Waals surface area (Å²) in [5.74, 6) is -0.261. The number of benzene rings is 2. The monoisotopic (exact) mass is 416 g/mol. The van der Waals surface area contributed by atoms with Crippen LogP contribution in [-0.2, 0) is 11.3 Å². The molecule has 3 heteroatoms. The van der Waals surface area contributed by atoms with Crippen LogP contribution >= 0.6 is 0 Å². The number of carbonyl (C=O) groups is 1. The molecule has 0 bridgehead atoms. The highest BCUT2D eigenvalue weighted by atomic mass is 16.5. The second-order valence-electron chi connectivity index (χ2n) is 7.89. The van der Waals surface area contributed by atoms with Crippen LogP contribution in [0.4, 0.5) is 0 Å². The Labute approximate surface area is 186 Å². The lowest BCUT2D eigenvalue weighted by Crippen LogP contribution is -2.43. The lowest BCUT2D eigenvalue weighted by Gasteiger charge is -2.12. The summed E-state index contributed by atoms with van der Waals surface area (Å²) in [4.78, 5) is 13.0. The van der Waals surface area contributed by atoms with Gasteiger partial charge in [-0.25, -0.2) is 4.79 Å². The van der Waals surface area contributed by atoms with E-state index in [0.717, 1.165) is 35.3 Å². The first-order valence-corrected chi connectivity index (χ1v) is 11.6. The van der Waals surface area contributed by atoms with Crippen molar-refractivity contribution in [2.45, 2.75) is 58.9 Å². The van der Waals surface area contributed by atoms with Crippen molar-refractivity contribution in [2.24, 2.45) is 0 Å². The van der Waals surface area contributed by atoms with E-state index in [1.165, 1.54) is 32.1 Å². The quantitative estimate of drug-likeness (QED) is 0.194. The van der Waals surface area contributed by atoms with Crippen LogP contribution < -0.4 is 4.57 Å². The van der Waals surface area contributed by atoms with E-state index in [1.807, 2.05) is 49.4 Å². The summed E-state index contributed by atoms with van der Waals surface area (Å²) in [6, 6.07) is 24.7. The standard InChI is InChI=1S/C28H34NO2/c1-3-5-6-7-8-15-20-29-26(24-18-13-10-14-19-24)21-25(23-16-11-9-12-17-23)22-27(29)28(30)31-4-2/h9-14,16-19,21-22H,3-8,15,20H2,1-2H3/q+1. The van der Waals surface area contributed by atoms with E-state index in [4.69, 9.17) is 4.74 Å². The van der Waals surface area contributed by atoms with Crippen LogP contribution in [0.1, 0.15) is 62.9 Å². The molecule has 0 N–H and O–H groups in total. The fourth-order valence-corrected chi connectivity index (χ4v) is 3.93. The predicted molar refractivity (Wildman–Crippen MR) is 127 cm³/mol. The summed E-state index contributed by atoms with van der Waals surface area (Å²) in [6.45, 7) is 5.27. The number of carbonyl (C=O) groups excluding carboxylic acids is 1. The Kier molecular flexibility index (Phi) is 8.84. The number of hydrogen-bond donors (Lipinski definition) is 0. The number of ether oxygens (including phenoxy) is 1. The lowest BCUT2D eigenvalue weighted by atomic mass is 10.0. The molecular weight excluding hydrogens is 382 g/mol. The molecule has 0 saturated heterocycles. The van der Waals surface area contributed by atoms with Gasteiger partial charge in [-0.1, -0.05) is 81.1 Å². The van der Waals surface area contributed by atoms with Crippen molar-refractivity contribution in [2.75, 3.05) is 6.61 Å². The minimum Gasteiger partial charge on any atom is -0.458 e. The topological polar surface area (TPSA) is 30.2 Å². The van der Waals surface area contributed by atoms with Crippen LogP contribution in [0.25, 0.3) is 22.4 Å². The average Bonchev–Trinajstić information content (AvgIpc) is 2.82. The summed E-state index contributed by atoms with van der Waals surface area (Å²) in [5, 5.41) is 0. The van der Waals surface area contributed by atoms with Gasteiger partial charge in [-0.05, 0) is 36.6 Å². The van der Waals surface area contributed by atoms with E-state index in [-0.39, 0.29) is 5.97 Å². The van der Waals surface area contributed by atoms with E-state index in [2.05, 4.69) is 41.8 Å². The highest BCUT2D eigenvalue weighted by molar-refractivity contribution is 5.88. The molecule has 162 valence electrons. The third-order valence-electron chi connectivity index (χ3n) is 5.56. The van der Waals surface area contributed by atoms with Gasteiger partial charge in [0.2, 0.25) is 5.69 Å². The fraction of sp³-hybridized carbons (Fsp3) is 0.357. The summed E-state index contributed by atoms with van der Waals surface area (Å²) in [5.41, 5.74) is 4.91. The van der Waals surface area contributed by atoms with Gasteiger partial charge in [0.25, 0.3) is 5.69 Å². The molecule has 3 rings (SSSR count). The first-order valence-electron chi connectivity index (χ1n) is 11.6. The molecule has 0 aliphatic heterocycles. The van der Waals surface area contributed by atoms with Gasteiger partial charge in [-0.3, -0.25) is 0 Å². The number of unbranched alkanes of at least 4 members (excludes halogenated alkanes) is 5. The van der Waals surface area contributed by atoms with Crippen molar-refractivity contribution in [3.8, 4) is 22.4 Å². The maximum absolute atomic E-state index is 13.0. The van der Waals surface area contributed by atoms with Crippen LogP contribution in [0.15, 0.2) is 72.8 Å². The smallest absolute Gasteiger partial charge is 0.403 e. The highest BCUT2D eigenvalue weighted by Gasteiger charge is 2.27. The number of nitrogens with zero attached hydrogens (tertiary/aromatic N) is 1. The zero-order valence-electron chi connectivity index (χ0n) is 18.8. The van der Waals surface area contributed by atoms with Crippen molar-refractivity contribution >= 4 is 5.97 Å². The third-order valence-corrected chi connectivity index (χ3v) is 5.56. The molecule has 31 heavy (non-hydrogen) atoms. The van der Waals surface area contributed by atoms with Gasteiger partial charge < -0.3 is 4.74 Å². The predicted octanol–water partition coefficient (Wildman–Crippen LogP) is 6.85. The summed E-state index contributed by atoms with van der Waals surface area (Å²) < 4.78 is 7.60. The minimum absolute atomic E-state index is 0.261. The molecule has 0 fully saturated rings. The average molecular weight is 417 g/mol. The maximum atomic E-state index is 13.0. The molecule has 0 atom stereocenters. The number of pyridine rings is 1. The zero-order chi connectivity index (χ0) is 21.9. The number of esters is 1. The Bertz CT molecular complexity index is 952. The normalized spacial score (nSPS) is 10.8. The Morgan fingerprint density at radius 3 is 2.00 bits per heavy atom. The van der Waals surface area contributed by atoms with Gasteiger partial charge in [0.05, 0.1) is 6.61 Å². The molecule has 1 heterocycles. The van der Waals surface area contributed by atoms with Crippen LogP contribution in [0, 0.1) is 0 Å². The summed E-state index contributed by atoms with van der Waals surface area (Å²) in [7, 11) is 0. The molecule has 0 radical (unpaired) electrons. The van der Waals surface area contributed by atoms with Crippen LogP contribution in [0.3, 0.4) is 0 Å². The Morgan fingerprint density at radius 2 is 1.35 bits per heavy atom. The van der Waals surface area contributed by atoms with Crippen molar-refractivity contribution in [3.63, 3.8) is 0 Å². The second-order valence-corrected chi connectivity index (χ2v) is 7.89. The first kappa shape index (κ1) is 22.7. The first-order chi connectivity index (χ1) is 15.2. The number of rotatable bonds is 11. The van der Waals surface area contributed by atoms with Gasteiger partial charge in [-0.2, -0.15) is 4.57 Å². The van der Waals surface area contributed by atoms with E-state index in [9.17, 15) is 4.79 Å². The molecular formula is C28H34NO2+. The van der Waals surface area contributed by atoms with Gasteiger partial charge in [0, 0.05) is 24.1 Å². The van der Waals surface area contributed by atoms with E-state index in [1.54, 1.807) is 0 Å². The van der Waals surface area contributed by atoms with Crippen molar-refractivity contribution < 1.29 is 14.1 Å². The van der Waals surface area contributed by atoms with Gasteiger partial charge in [0.1, 0.15) is 6.54 Å². The number of aromatic nitrogens is 1. The highest BCUT2D eigenvalue weighted by Crippen LogP contribution is 2.26. The maximum Gasteiger partial charge on any atom is 0.403 e. The second kappa shape index (κ2) is 12.0. The Balaban J connectivity index is 2.03. The fourth-order valence-electron chi connectivity index (χ4n) is 3.93. The van der Waals surface area contributed by atoms with E-state index in [0.29, 0.717) is 12.3 Å². The number of hydrogen-bond acceptors (Lipinski definition) is 2. The van der Waals surface area contributed by atoms with Crippen molar-refractivity contribution in [1.29, 1.82) is 0 Å². The molecule has 0 saturated carbocycles. The molecule has 0 unspecified atom stereocenters. The SMILES string of the molecule is CCCCCCCC[n+]1c(C(=O)OCC)cc(-c2ccccc2)cc1-c1ccccc1. The van der Waals surface area contributed by atoms with Crippen LogP contribution in [-0.4, -0.2) is 12.6 Å². The molecule has 0 spiro atoms. The molecule has 0 aliphatic rings. The molecule has 0 aliphatic carbocycles. The molecule has 1 aromatic heterocycles. The van der Waals surface area contributed by atoms with Crippen molar-refractivity contribution in [3.05, 3.63) is 78.5 Å². The van der Waals surface area contributed by atoms with E-state index < -0.39 is 0 Å². The molecule has 3 aromatic rings. The van der Waals surface area contributed by atoms with Crippen LogP contribution in [0.2, 0.25) is 0 Å².